The minimum atomic E-state index is -0.636. The number of para-hydroxylation sites is 1. The Morgan fingerprint density at radius 1 is 0.900 bits per heavy atom. The SMILES string of the molecule is Cc1ccc(C2=C(Nc3cccc(Br)c3)C(=O)N(c3ccccc3F)C2=O)c(C)c1. The van der Waals surface area contributed by atoms with E-state index >= 15 is 0 Å². The van der Waals surface area contributed by atoms with Crippen molar-refractivity contribution in [2.24, 2.45) is 0 Å². The highest BCUT2D eigenvalue weighted by Crippen LogP contribution is 2.36. The molecule has 0 fully saturated rings. The summed E-state index contributed by atoms with van der Waals surface area (Å²) in [5.74, 6) is -1.79. The van der Waals surface area contributed by atoms with E-state index in [0.29, 0.717) is 11.3 Å². The van der Waals surface area contributed by atoms with Crippen molar-refractivity contribution in [3.05, 3.63) is 99.4 Å². The fourth-order valence-electron chi connectivity index (χ4n) is 3.55. The number of carbonyl (C=O) groups is 2. The van der Waals surface area contributed by atoms with Crippen molar-refractivity contribution in [1.29, 1.82) is 0 Å². The molecule has 0 aromatic heterocycles. The number of aryl methyl sites for hydroxylation is 2. The molecule has 4 rings (SSSR count). The molecule has 3 aromatic rings. The van der Waals surface area contributed by atoms with E-state index in [-0.39, 0.29) is 17.0 Å². The first-order valence-electron chi connectivity index (χ1n) is 9.34. The van der Waals surface area contributed by atoms with Gasteiger partial charge in [0.25, 0.3) is 11.8 Å². The summed E-state index contributed by atoms with van der Waals surface area (Å²) in [5.41, 5.74) is 3.44. The topological polar surface area (TPSA) is 49.4 Å². The molecule has 1 aliphatic heterocycles. The van der Waals surface area contributed by atoms with Gasteiger partial charge < -0.3 is 5.32 Å². The summed E-state index contributed by atoms with van der Waals surface area (Å²) in [6, 6.07) is 18.7. The Balaban J connectivity index is 1.89. The molecule has 30 heavy (non-hydrogen) atoms. The summed E-state index contributed by atoms with van der Waals surface area (Å²) in [4.78, 5) is 27.6. The smallest absolute Gasteiger partial charge is 0.282 e. The van der Waals surface area contributed by atoms with Gasteiger partial charge in [0.15, 0.2) is 0 Å². The van der Waals surface area contributed by atoms with Crippen LogP contribution in [0.1, 0.15) is 16.7 Å². The molecule has 0 spiro atoms. The Hall–Kier alpha value is -3.25. The summed E-state index contributed by atoms with van der Waals surface area (Å²) in [5, 5.41) is 3.09. The average Bonchev–Trinajstić information content (AvgIpc) is 2.93. The Labute approximate surface area is 182 Å². The Kier molecular flexibility index (Phi) is 5.26. The van der Waals surface area contributed by atoms with Gasteiger partial charge >= 0.3 is 0 Å². The third-order valence-corrected chi connectivity index (χ3v) is 5.42. The number of halogens is 2. The van der Waals surface area contributed by atoms with Crippen molar-refractivity contribution >= 4 is 44.7 Å². The molecule has 1 N–H and O–H groups in total. The lowest BCUT2D eigenvalue weighted by Gasteiger charge is -2.16. The maximum Gasteiger partial charge on any atom is 0.282 e. The summed E-state index contributed by atoms with van der Waals surface area (Å²) in [6.45, 7) is 3.84. The van der Waals surface area contributed by atoms with E-state index < -0.39 is 17.6 Å². The number of anilines is 2. The fourth-order valence-corrected chi connectivity index (χ4v) is 3.95. The summed E-state index contributed by atoms with van der Waals surface area (Å²) < 4.78 is 15.3. The van der Waals surface area contributed by atoms with Gasteiger partial charge in [0.2, 0.25) is 0 Å². The predicted octanol–water partition coefficient (Wildman–Crippen LogP) is 5.60. The van der Waals surface area contributed by atoms with Gasteiger partial charge in [-0.15, -0.1) is 0 Å². The number of nitrogens with one attached hydrogen (secondary N) is 1. The van der Waals surface area contributed by atoms with Gasteiger partial charge in [0, 0.05) is 10.2 Å². The number of carbonyl (C=O) groups excluding carboxylic acids is 2. The number of imide groups is 1. The molecule has 150 valence electrons. The third-order valence-electron chi connectivity index (χ3n) is 4.92. The number of benzene rings is 3. The van der Waals surface area contributed by atoms with Gasteiger partial charge in [-0.1, -0.05) is 57.9 Å². The largest absolute Gasteiger partial charge is 0.350 e. The lowest BCUT2D eigenvalue weighted by atomic mass is 9.97. The monoisotopic (exact) mass is 464 g/mol. The second kappa shape index (κ2) is 7.88. The van der Waals surface area contributed by atoms with E-state index in [0.717, 1.165) is 20.5 Å². The Morgan fingerprint density at radius 2 is 1.67 bits per heavy atom. The van der Waals surface area contributed by atoms with Crippen LogP contribution in [0.5, 0.6) is 0 Å². The third kappa shape index (κ3) is 3.55. The molecule has 6 heteroatoms. The molecule has 0 atom stereocenters. The molecule has 0 unspecified atom stereocenters. The predicted molar refractivity (Wildman–Crippen MR) is 119 cm³/mol. The molecule has 3 aromatic carbocycles. The highest BCUT2D eigenvalue weighted by molar-refractivity contribution is 9.10. The van der Waals surface area contributed by atoms with Crippen molar-refractivity contribution < 1.29 is 14.0 Å². The van der Waals surface area contributed by atoms with Crippen LogP contribution in [-0.2, 0) is 9.59 Å². The quantitative estimate of drug-likeness (QED) is 0.511. The van der Waals surface area contributed by atoms with Crippen LogP contribution in [-0.4, -0.2) is 11.8 Å². The molecule has 0 saturated carbocycles. The average molecular weight is 465 g/mol. The minimum Gasteiger partial charge on any atom is -0.350 e. The van der Waals surface area contributed by atoms with E-state index in [4.69, 9.17) is 0 Å². The molecule has 0 aliphatic carbocycles. The molecule has 1 heterocycles. The molecule has 0 bridgehead atoms. The number of hydrogen-bond donors (Lipinski definition) is 1. The van der Waals surface area contributed by atoms with Crippen molar-refractivity contribution in [2.75, 3.05) is 10.2 Å². The Morgan fingerprint density at radius 3 is 2.37 bits per heavy atom. The highest BCUT2D eigenvalue weighted by atomic mass is 79.9. The zero-order valence-electron chi connectivity index (χ0n) is 16.4. The van der Waals surface area contributed by atoms with Gasteiger partial charge in [0.05, 0.1) is 11.3 Å². The maximum absolute atomic E-state index is 14.5. The van der Waals surface area contributed by atoms with Gasteiger partial charge in [-0.05, 0) is 55.3 Å². The standard InChI is InChI=1S/C24H18BrFN2O2/c1-14-10-11-18(15(2)12-14)21-22(27-17-7-5-6-16(25)13-17)24(30)28(23(21)29)20-9-4-3-8-19(20)26/h3-13,27H,1-2H3. The van der Waals surface area contributed by atoms with Crippen molar-refractivity contribution in [3.63, 3.8) is 0 Å². The lowest BCUT2D eigenvalue weighted by Crippen LogP contribution is -2.33. The summed E-state index contributed by atoms with van der Waals surface area (Å²) in [6.07, 6.45) is 0. The van der Waals surface area contributed by atoms with Crippen molar-refractivity contribution in [3.8, 4) is 0 Å². The summed E-state index contributed by atoms with van der Waals surface area (Å²) in [7, 11) is 0. The zero-order chi connectivity index (χ0) is 21.4. The maximum atomic E-state index is 14.5. The normalized spacial score (nSPS) is 13.9. The van der Waals surface area contributed by atoms with E-state index in [1.165, 1.54) is 18.2 Å². The van der Waals surface area contributed by atoms with Crippen LogP contribution in [0.2, 0.25) is 0 Å². The van der Waals surface area contributed by atoms with Crippen LogP contribution in [0, 0.1) is 19.7 Å². The van der Waals surface area contributed by atoms with Crippen LogP contribution in [0.15, 0.2) is 76.9 Å². The number of amides is 2. The second-order valence-electron chi connectivity index (χ2n) is 7.10. The first-order chi connectivity index (χ1) is 14.4. The van der Waals surface area contributed by atoms with E-state index in [1.54, 1.807) is 18.2 Å². The molecule has 1 aliphatic rings. The van der Waals surface area contributed by atoms with Gasteiger partial charge in [-0.3, -0.25) is 9.59 Å². The zero-order valence-corrected chi connectivity index (χ0v) is 18.0. The summed E-state index contributed by atoms with van der Waals surface area (Å²) >= 11 is 3.41. The number of nitrogens with zero attached hydrogens (tertiary/aromatic N) is 1. The van der Waals surface area contributed by atoms with E-state index in [9.17, 15) is 14.0 Å². The van der Waals surface area contributed by atoms with Crippen molar-refractivity contribution in [1.82, 2.24) is 0 Å². The van der Waals surface area contributed by atoms with Gasteiger partial charge in [0.1, 0.15) is 11.5 Å². The number of rotatable bonds is 4. The fraction of sp³-hybridized carbons (Fsp3) is 0.0833. The second-order valence-corrected chi connectivity index (χ2v) is 8.02. The van der Waals surface area contributed by atoms with Crippen LogP contribution < -0.4 is 10.2 Å². The highest BCUT2D eigenvalue weighted by Gasteiger charge is 2.41. The molecule has 2 amide bonds. The van der Waals surface area contributed by atoms with Crippen LogP contribution in [0.3, 0.4) is 0 Å². The molecule has 0 saturated heterocycles. The van der Waals surface area contributed by atoms with E-state index in [1.807, 2.05) is 44.2 Å². The van der Waals surface area contributed by atoms with Crippen LogP contribution >= 0.6 is 15.9 Å². The Bertz CT molecular complexity index is 1220. The van der Waals surface area contributed by atoms with Gasteiger partial charge in [-0.25, -0.2) is 9.29 Å². The molecular weight excluding hydrogens is 447 g/mol. The van der Waals surface area contributed by atoms with Gasteiger partial charge in [-0.2, -0.15) is 0 Å². The molecule has 4 nitrogen and oxygen atoms in total. The van der Waals surface area contributed by atoms with Crippen molar-refractivity contribution in [2.45, 2.75) is 13.8 Å². The first-order valence-corrected chi connectivity index (χ1v) is 10.1. The van der Waals surface area contributed by atoms with Crippen LogP contribution in [0.4, 0.5) is 15.8 Å². The first kappa shape index (κ1) is 20.0. The van der Waals surface area contributed by atoms with Crippen LogP contribution in [0.25, 0.3) is 5.57 Å². The number of hydrogen-bond acceptors (Lipinski definition) is 3. The molecule has 0 radical (unpaired) electrons. The molecular formula is C24H18BrFN2O2. The minimum absolute atomic E-state index is 0.0687. The lowest BCUT2D eigenvalue weighted by molar-refractivity contribution is -0.120. The van der Waals surface area contributed by atoms with E-state index in [2.05, 4.69) is 21.2 Å².